The molecule has 0 radical (unpaired) electrons. The van der Waals surface area contributed by atoms with Crippen molar-refractivity contribution in [2.75, 3.05) is 0 Å². The summed E-state index contributed by atoms with van der Waals surface area (Å²) in [5, 5.41) is 3.84. The molecule has 18 heavy (non-hydrogen) atoms. The van der Waals surface area contributed by atoms with Gasteiger partial charge in [-0.05, 0) is 11.6 Å². The zero-order valence-electron chi connectivity index (χ0n) is 9.55. The number of primary amides is 1. The number of carbonyl (C=O) groups excluding carboxylic acids is 1. The Morgan fingerprint density at radius 2 is 1.61 bits per heavy atom. The van der Waals surface area contributed by atoms with Crippen LogP contribution in [-0.4, -0.2) is 11.6 Å². The molecular formula is C14H11N3O. The van der Waals surface area contributed by atoms with E-state index in [0.717, 1.165) is 22.3 Å². The first-order valence-corrected chi connectivity index (χ1v) is 5.55. The number of hydrogen-bond donors (Lipinski definition) is 2. The normalized spacial score (nSPS) is 14.3. The summed E-state index contributed by atoms with van der Waals surface area (Å²) in [6.07, 6.45) is 0. The van der Waals surface area contributed by atoms with Crippen LogP contribution in [0, 0.1) is 0 Å². The summed E-state index contributed by atoms with van der Waals surface area (Å²) in [5.41, 5.74) is 10.2. The van der Waals surface area contributed by atoms with E-state index in [0.29, 0.717) is 11.3 Å². The first kappa shape index (κ1) is 10.5. The molecule has 0 atom stereocenters. The fourth-order valence-corrected chi connectivity index (χ4v) is 2.44. The second-order valence-electron chi connectivity index (χ2n) is 4.12. The zero-order chi connectivity index (χ0) is 12.7. The van der Waals surface area contributed by atoms with E-state index in [1.165, 1.54) is 0 Å². The van der Waals surface area contributed by atoms with Crippen LogP contribution in [0.4, 0.5) is 0 Å². The van der Waals surface area contributed by atoms with Gasteiger partial charge in [0, 0.05) is 22.3 Å². The quantitative estimate of drug-likeness (QED) is 0.496. The van der Waals surface area contributed by atoms with Crippen LogP contribution in [0.3, 0.4) is 0 Å². The molecule has 3 rings (SSSR count). The summed E-state index contributed by atoms with van der Waals surface area (Å²) in [6.45, 7) is 0. The molecule has 0 bridgehead atoms. The summed E-state index contributed by atoms with van der Waals surface area (Å²) in [5.74, 6) is 5.02. The van der Waals surface area contributed by atoms with E-state index in [1.54, 1.807) is 12.1 Å². The van der Waals surface area contributed by atoms with E-state index < -0.39 is 5.91 Å². The Bertz CT molecular complexity index is 689. The lowest BCUT2D eigenvalue weighted by Gasteiger charge is -2.05. The maximum atomic E-state index is 11.5. The van der Waals surface area contributed by atoms with Gasteiger partial charge in [0.05, 0.1) is 5.71 Å². The third-order valence-corrected chi connectivity index (χ3v) is 3.17. The van der Waals surface area contributed by atoms with Gasteiger partial charge in [-0.15, -0.1) is 0 Å². The van der Waals surface area contributed by atoms with E-state index >= 15 is 0 Å². The fourth-order valence-electron chi connectivity index (χ4n) is 2.44. The average molecular weight is 237 g/mol. The second-order valence-corrected chi connectivity index (χ2v) is 4.12. The Hall–Kier alpha value is -2.62. The minimum absolute atomic E-state index is 0.445. The molecule has 1 amide bonds. The number of benzene rings is 2. The van der Waals surface area contributed by atoms with Gasteiger partial charge in [-0.25, -0.2) is 0 Å². The number of rotatable bonds is 1. The van der Waals surface area contributed by atoms with Crippen LogP contribution < -0.4 is 11.6 Å². The third-order valence-electron chi connectivity index (χ3n) is 3.17. The summed E-state index contributed by atoms with van der Waals surface area (Å²) >= 11 is 0. The monoisotopic (exact) mass is 237 g/mol. The maximum Gasteiger partial charge on any atom is 0.249 e. The highest BCUT2D eigenvalue weighted by atomic mass is 16.1. The highest BCUT2D eigenvalue weighted by Crippen LogP contribution is 2.38. The lowest BCUT2D eigenvalue weighted by molar-refractivity contribution is 0.100. The van der Waals surface area contributed by atoms with E-state index in [4.69, 9.17) is 11.6 Å². The van der Waals surface area contributed by atoms with Crippen molar-refractivity contribution in [3.63, 3.8) is 0 Å². The van der Waals surface area contributed by atoms with Gasteiger partial charge in [0.2, 0.25) is 5.91 Å². The third kappa shape index (κ3) is 1.26. The molecule has 0 fully saturated rings. The minimum Gasteiger partial charge on any atom is -0.366 e. The van der Waals surface area contributed by atoms with Gasteiger partial charge in [-0.2, -0.15) is 5.10 Å². The molecule has 0 saturated heterocycles. The van der Waals surface area contributed by atoms with Gasteiger partial charge in [0.25, 0.3) is 0 Å². The average Bonchev–Trinajstić information content (AvgIpc) is 2.72. The van der Waals surface area contributed by atoms with Crippen LogP contribution in [-0.2, 0) is 0 Å². The Morgan fingerprint density at radius 1 is 0.944 bits per heavy atom. The first-order valence-electron chi connectivity index (χ1n) is 5.55. The summed E-state index contributed by atoms with van der Waals surface area (Å²) in [4.78, 5) is 11.5. The van der Waals surface area contributed by atoms with Gasteiger partial charge in [-0.1, -0.05) is 36.4 Å². The number of hydrogen-bond acceptors (Lipinski definition) is 3. The Labute approximate surface area is 104 Å². The molecule has 1 aliphatic rings. The Balaban J connectivity index is 2.43. The number of nitrogens with two attached hydrogens (primary N) is 2. The van der Waals surface area contributed by atoms with E-state index in [1.807, 2.05) is 30.3 Å². The van der Waals surface area contributed by atoms with Crippen molar-refractivity contribution < 1.29 is 4.79 Å². The predicted molar refractivity (Wildman–Crippen MR) is 70.2 cm³/mol. The predicted octanol–water partition coefficient (Wildman–Crippen LogP) is 1.48. The standard InChI is InChI=1S/C14H11N3O/c15-14(18)11-7-3-6-10-12(11)8-4-1-2-5-9(8)13(10)17-16/h1-7H,16H2,(H2,15,18)/b17-13-. The second kappa shape index (κ2) is 3.70. The number of nitrogens with zero attached hydrogens (tertiary/aromatic N) is 1. The van der Waals surface area contributed by atoms with Crippen molar-refractivity contribution >= 4 is 11.6 Å². The Morgan fingerprint density at radius 3 is 2.28 bits per heavy atom. The van der Waals surface area contributed by atoms with Crippen molar-refractivity contribution in [2.24, 2.45) is 16.7 Å². The SMILES string of the molecule is N/N=C1/c2ccccc2-c2c(C(N)=O)cccc21. The molecule has 2 aromatic carbocycles. The smallest absolute Gasteiger partial charge is 0.249 e. The molecule has 0 heterocycles. The first-order chi connectivity index (χ1) is 8.74. The van der Waals surface area contributed by atoms with Gasteiger partial charge in [0.1, 0.15) is 0 Å². The maximum absolute atomic E-state index is 11.5. The van der Waals surface area contributed by atoms with E-state index in [-0.39, 0.29) is 0 Å². The molecule has 88 valence electrons. The summed E-state index contributed by atoms with van der Waals surface area (Å²) in [7, 11) is 0. The molecule has 0 spiro atoms. The fraction of sp³-hybridized carbons (Fsp3) is 0. The molecule has 0 saturated carbocycles. The lowest BCUT2D eigenvalue weighted by atomic mass is 9.99. The van der Waals surface area contributed by atoms with Crippen molar-refractivity contribution in [3.05, 3.63) is 59.2 Å². The molecule has 0 unspecified atom stereocenters. The van der Waals surface area contributed by atoms with Crippen LogP contribution in [0.5, 0.6) is 0 Å². The molecule has 0 aliphatic heterocycles. The van der Waals surface area contributed by atoms with Crippen LogP contribution in [0.15, 0.2) is 47.6 Å². The molecule has 1 aliphatic carbocycles. The highest BCUT2D eigenvalue weighted by molar-refractivity contribution is 6.26. The van der Waals surface area contributed by atoms with Gasteiger partial charge in [0.15, 0.2) is 0 Å². The van der Waals surface area contributed by atoms with Gasteiger partial charge >= 0.3 is 0 Å². The molecule has 4 heteroatoms. The van der Waals surface area contributed by atoms with E-state index in [9.17, 15) is 4.79 Å². The largest absolute Gasteiger partial charge is 0.366 e. The van der Waals surface area contributed by atoms with E-state index in [2.05, 4.69) is 5.10 Å². The Kier molecular flexibility index (Phi) is 2.16. The summed E-state index contributed by atoms with van der Waals surface area (Å²) in [6, 6.07) is 13.1. The van der Waals surface area contributed by atoms with Crippen LogP contribution in [0.25, 0.3) is 11.1 Å². The molecule has 4 nitrogen and oxygen atoms in total. The van der Waals surface area contributed by atoms with Crippen LogP contribution in [0.2, 0.25) is 0 Å². The molecule has 0 aromatic heterocycles. The van der Waals surface area contributed by atoms with Crippen LogP contribution in [0.1, 0.15) is 21.5 Å². The number of carbonyl (C=O) groups is 1. The van der Waals surface area contributed by atoms with Crippen molar-refractivity contribution in [3.8, 4) is 11.1 Å². The summed E-state index contributed by atoms with van der Waals surface area (Å²) < 4.78 is 0. The highest BCUT2D eigenvalue weighted by Gasteiger charge is 2.27. The van der Waals surface area contributed by atoms with Gasteiger partial charge in [-0.3, -0.25) is 4.79 Å². The number of fused-ring (bicyclic) bond motifs is 3. The number of hydrazone groups is 1. The van der Waals surface area contributed by atoms with Crippen molar-refractivity contribution in [2.45, 2.75) is 0 Å². The van der Waals surface area contributed by atoms with Crippen LogP contribution >= 0.6 is 0 Å². The van der Waals surface area contributed by atoms with Gasteiger partial charge < -0.3 is 11.6 Å². The zero-order valence-corrected chi connectivity index (χ0v) is 9.55. The lowest BCUT2D eigenvalue weighted by Crippen LogP contribution is -2.12. The van der Waals surface area contributed by atoms with Crippen molar-refractivity contribution in [1.82, 2.24) is 0 Å². The van der Waals surface area contributed by atoms with Crippen molar-refractivity contribution in [1.29, 1.82) is 0 Å². The topological polar surface area (TPSA) is 81.5 Å². The molecular weight excluding hydrogens is 226 g/mol. The minimum atomic E-state index is -0.445. The molecule has 2 aromatic rings. The number of amides is 1. The molecule has 4 N–H and O–H groups in total.